The minimum absolute atomic E-state index is 0.226. The molecule has 0 aromatic heterocycles. The summed E-state index contributed by atoms with van der Waals surface area (Å²) >= 11 is 0. The van der Waals surface area contributed by atoms with Crippen molar-refractivity contribution in [3.63, 3.8) is 0 Å². The molecule has 0 unspecified atom stereocenters. The standard InChI is InChI=1S/C17H32N2O/c1-13-10-14(2)17(15(3)11-13)12-19(16(4)20)9-7-8-18(5)6/h10,14-15,17H,7-9,11-12H2,1-6H3/p+1/t14-,15-,17-/m0/s1. The number of nitrogens with one attached hydrogen (secondary N) is 1. The second kappa shape index (κ2) is 7.82. The number of amides is 1. The quantitative estimate of drug-likeness (QED) is 0.735. The fourth-order valence-electron chi connectivity index (χ4n) is 3.42. The summed E-state index contributed by atoms with van der Waals surface area (Å²) in [5.41, 5.74) is 1.51. The zero-order chi connectivity index (χ0) is 15.3. The molecule has 0 aromatic rings. The Morgan fingerprint density at radius 1 is 1.40 bits per heavy atom. The van der Waals surface area contributed by atoms with Crippen LogP contribution in [0.15, 0.2) is 11.6 Å². The van der Waals surface area contributed by atoms with Crippen molar-refractivity contribution >= 4 is 5.91 Å². The molecule has 1 amide bonds. The van der Waals surface area contributed by atoms with Gasteiger partial charge in [-0.15, -0.1) is 0 Å². The molecule has 0 saturated heterocycles. The van der Waals surface area contributed by atoms with Gasteiger partial charge in [0.1, 0.15) is 0 Å². The van der Waals surface area contributed by atoms with Crippen molar-refractivity contribution in [2.45, 2.75) is 40.5 Å². The molecule has 0 radical (unpaired) electrons. The van der Waals surface area contributed by atoms with E-state index in [1.165, 1.54) is 16.9 Å². The number of nitrogens with zero attached hydrogens (tertiary/aromatic N) is 1. The Bertz CT molecular complexity index is 349. The van der Waals surface area contributed by atoms with Gasteiger partial charge in [0.05, 0.1) is 20.6 Å². The van der Waals surface area contributed by atoms with Gasteiger partial charge in [-0.3, -0.25) is 4.79 Å². The molecule has 0 aromatic carbocycles. The number of carbonyl (C=O) groups excluding carboxylic acids is 1. The van der Waals surface area contributed by atoms with Gasteiger partial charge < -0.3 is 9.80 Å². The van der Waals surface area contributed by atoms with Crippen LogP contribution in [0.1, 0.15) is 40.5 Å². The normalized spacial score (nSPS) is 26.6. The van der Waals surface area contributed by atoms with E-state index in [9.17, 15) is 4.79 Å². The molecule has 3 nitrogen and oxygen atoms in total. The summed E-state index contributed by atoms with van der Waals surface area (Å²) in [7, 11) is 4.33. The van der Waals surface area contributed by atoms with E-state index < -0.39 is 0 Å². The first-order chi connectivity index (χ1) is 9.31. The molecule has 0 heterocycles. The summed E-state index contributed by atoms with van der Waals surface area (Å²) in [6.07, 6.45) is 4.67. The lowest BCUT2D eigenvalue weighted by Crippen LogP contribution is -3.05. The summed E-state index contributed by atoms with van der Waals surface area (Å²) in [6, 6.07) is 0. The summed E-state index contributed by atoms with van der Waals surface area (Å²) in [6.45, 7) is 11.5. The molecule has 1 rings (SSSR count). The van der Waals surface area contributed by atoms with Crippen LogP contribution in [0.4, 0.5) is 0 Å². The molecule has 3 heteroatoms. The summed E-state index contributed by atoms with van der Waals surface area (Å²) < 4.78 is 0. The topological polar surface area (TPSA) is 24.8 Å². The van der Waals surface area contributed by atoms with E-state index in [2.05, 4.69) is 45.8 Å². The highest BCUT2D eigenvalue weighted by molar-refractivity contribution is 5.73. The number of rotatable bonds is 6. The van der Waals surface area contributed by atoms with E-state index in [4.69, 9.17) is 0 Å². The lowest BCUT2D eigenvalue weighted by molar-refractivity contribution is -0.858. The largest absolute Gasteiger partial charge is 0.342 e. The van der Waals surface area contributed by atoms with Crippen LogP contribution in [-0.4, -0.2) is 44.5 Å². The Kier molecular flexibility index (Phi) is 6.74. The van der Waals surface area contributed by atoms with Crippen molar-refractivity contribution < 1.29 is 9.69 Å². The Labute approximate surface area is 125 Å². The highest BCUT2D eigenvalue weighted by Gasteiger charge is 2.29. The second-order valence-corrected chi connectivity index (χ2v) is 6.99. The molecule has 1 N–H and O–H groups in total. The molecule has 3 atom stereocenters. The van der Waals surface area contributed by atoms with E-state index in [-0.39, 0.29) is 5.91 Å². The van der Waals surface area contributed by atoms with Crippen LogP contribution in [0.25, 0.3) is 0 Å². The predicted octanol–water partition coefficient (Wildman–Crippen LogP) is 1.61. The third kappa shape index (κ3) is 5.28. The van der Waals surface area contributed by atoms with E-state index in [1.54, 1.807) is 6.92 Å². The fraction of sp³-hybridized carbons (Fsp3) is 0.824. The Morgan fingerprint density at radius 2 is 2.05 bits per heavy atom. The third-order valence-electron chi connectivity index (χ3n) is 4.58. The predicted molar refractivity (Wildman–Crippen MR) is 84.7 cm³/mol. The zero-order valence-corrected chi connectivity index (χ0v) is 14.2. The Hall–Kier alpha value is -0.830. The van der Waals surface area contributed by atoms with Crippen molar-refractivity contribution in [3.8, 4) is 0 Å². The zero-order valence-electron chi connectivity index (χ0n) is 14.2. The van der Waals surface area contributed by atoms with E-state index in [0.29, 0.717) is 17.8 Å². The average Bonchev–Trinajstić information content (AvgIpc) is 2.30. The van der Waals surface area contributed by atoms with Crippen LogP contribution >= 0.6 is 0 Å². The summed E-state index contributed by atoms with van der Waals surface area (Å²) in [5, 5.41) is 0. The SMILES string of the molecule is CC(=O)N(CCC[NH+](C)C)C[C@H]1[C@@H](C)C=C(C)C[C@@H]1C. The van der Waals surface area contributed by atoms with Crippen molar-refractivity contribution in [1.29, 1.82) is 0 Å². The second-order valence-electron chi connectivity index (χ2n) is 6.99. The first-order valence-corrected chi connectivity index (χ1v) is 8.03. The van der Waals surface area contributed by atoms with Gasteiger partial charge in [-0.05, 0) is 31.1 Å². The third-order valence-corrected chi connectivity index (χ3v) is 4.58. The first kappa shape index (κ1) is 17.2. The minimum atomic E-state index is 0.226. The lowest BCUT2D eigenvalue weighted by atomic mass is 9.74. The highest BCUT2D eigenvalue weighted by atomic mass is 16.2. The van der Waals surface area contributed by atoms with Gasteiger partial charge in [0.15, 0.2) is 0 Å². The molecule has 0 aliphatic heterocycles. The van der Waals surface area contributed by atoms with E-state index in [1.807, 2.05) is 0 Å². The molecule has 0 fully saturated rings. The number of allylic oxidation sites excluding steroid dienone is 2. The van der Waals surface area contributed by atoms with Crippen LogP contribution in [0.5, 0.6) is 0 Å². The molecular weight excluding hydrogens is 248 g/mol. The number of hydrogen-bond acceptors (Lipinski definition) is 1. The van der Waals surface area contributed by atoms with Gasteiger partial charge in [0.25, 0.3) is 0 Å². The van der Waals surface area contributed by atoms with Gasteiger partial charge >= 0.3 is 0 Å². The van der Waals surface area contributed by atoms with Gasteiger partial charge in [0.2, 0.25) is 5.91 Å². The molecule has 0 saturated carbocycles. The Morgan fingerprint density at radius 3 is 2.55 bits per heavy atom. The first-order valence-electron chi connectivity index (χ1n) is 8.03. The maximum Gasteiger partial charge on any atom is 0.219 e. The monoisotopic (exact) mass is 281 g/mol. The number of hydrogen-bond donors (Lipinski definition) is 1. The van der Waals surface area contributed by atoms with Crippen molar-refractivity contribution in [1.82, 2.24) is 4.90 Å². The minimum Gasteiger partial charge on any atom is -0.342 e. The molecule has 0 spiro atoms. The van der Waals surface area contributed by atoms with Crippen LogP contribution in [0.2, 0.25) is 0 Å². The molecule has 1 aliphatic rings. The Balaban J connectivity index is 2.59. The molecule has 0 bridgehead atoms. The van der Waals surface area contributed by atoms with E-state index >= 15 is 0 Å². The maximum absolute atomic E-state index is 11.9. The summed E-state index contributed by atoms with van der Waals surface area (Å²) in [5.74, 6) is 2.09. The molecular formula is C17H33N2O+. The molecule has 1 aliphatic carbocycles. The van der Waals surface area contributed by atoms with Crippen LogP contribution < -0.4 is 4.90 Å². The molecule has 116 valence electrons. The molecule has 20 heavy (non-hydrogen) atoms. The van der Waals surface area contributed by atoms with Gasteiger partial charge in [-0.1, -0.05) is 25.5 Å². The van der Waals surface area contributed by atoms with Crippen molar-refractivity contribution in [3.05, 3.63) is 11.6 Å². The van der Waals surface area contributed by atoms with E-state index in [0.717, 1.165) is 26.1 Å². The lowest BCUT2D eigenvalue weighted by Gasteiger charge is -2.36. The maximum atomic E-state index is 11.9. The van der Waals surface area contributed by atoms with Crippen LogP contribution in [0.3, 0.4) is 0 Å². The van der Waals surface area contributed by atoms with Crippen LogP contribution in [-0.2, 0) is 4.79 Å². The van der Waals surface area contributed by atoms with Gasteiger partial charge in [-0.25, -0.2) is 0 Å². The number of quaternary nitrogens is 1. The average molecular weight is 281 g/mol. The van der Waals surface area contributed by atoms with Gasteiger partial charge in [-0.2, -0.15) is 0 Å². The van der Waals surface area contributed by atoms with Crippen LogP contribution in [0, 0.1) is 17.8 Å². The smallest absolute Gasteiger partial charge is 0.219 e. The van der Waals surface area contributed by atoms with Crippen molar-refractivity contribution in [2.24, 2.45) is 17.8 Å². The van der Waals surface area contributed by atoms with Gasteiger partial charge in [0, 0.05) is 26.4 Å². The fourth-order valence-corrected chi connectivity index (χ4v) is 3.42. The summed E-state index contributed by atoms with van der Waals surface area (Å²) in [4.78, 5) is 15.4. The highest BCUT2D eigenvalue weighted by Crippen LogP contribution is 2.34. The number of carbonyl (C=O) groups is 1. The van der Waals surface area contributed by atoms with Crippen molar-refractivity contribution in [2.75, 3.05) is 33.7 Å².